The normalized spacial score (nSPS) is 25.8. The van der Waals surface area contributed by atoms with Crippen molar-refractivity contribution >= 4 is 21.6 Å². The zero-order chi connectivity index (χ0) is 18.4. The van der Waals surface area contributed by atoms with Crippen molar-refractivity contribution in [3.05, 3.63) is 29.8 Å². The molecule has 0 radical (unpaired) electrons. The van der Waals surface area contributed by atoms with Crippen LogP contribution in [0.5, 0.6) is 0 Å². The zero-order valence-corrected chi connectivity index (χ0v) is 16.0. The van der Waals surface area contributed by atoms with Gasteiger partial charge in [-0.15, -0.1) is 0 Å². The minimum Gasteiger partial charge on any atom is -0.376 e. The molecule has 1 aromatic carbocycles. The van der Waals surface area contributed by atoms with Gasteiger partial charge in [0.25, 0.3) is 0 Å². The molecule has 1 amide bonds. The fraction of sp³-hybridized carbons (Fsp3) is 0.632. The largest absolute Gasteiger partial charge is 0.376 e. The molecular weight excluding hydrogens is 352 g/mol. The standard InChI is InChI=1S/C19H26N2O4S/c1-2-26(23,24)20-11-9-19(10-12-20)16-7-3-4-8-17(16)21(18(19)22)14-15-6-5-13-25-15/h3-4,7-8,15H,2,5-6,9-14H2,1H3/t15-/m0/s1. The molecule has 0 aromatic heterocycles. The van der Waals surface area contributed by atoms with Gasteiger partial charge < -0.3 is 9.64 Å². The lowest BCUT2D eigenvalue weighted by Gasteiger charge is -2.37. The Balaban J connectivity index is 1.62. The Morgan fingerprint density at radius 1 is 1.23 bits per heavy atom. The van der Waals surface area contributed by atoms with Crippen molar-refractivity contribution in [3.63, 3.8) is 0 Å². The minimum atomic E-state index is -3.21. The van der Waals surface area contributed by atoms with E-state index in [-0.39, 0.29) is 17.8 Å². The van der Waals surface area contributed by atoms with Crippen LogP contribution in [0.4, 0.5) is 5.69 Å². The predicted molar refractivity (Wildman–Crippen MR) is 99.7 cm³/mol. The maximum atomic E-state index is 13.5. The third kappa shape index (κ3) is 2.77. The van der Waals surface area contributed by atoms with E-state index in [1.807, 2.05) is 29.2 Å². The van der Waals surface area contributed by atoms with E-state index in [1.165, 1.54) is 4.31 Å². The van der Waals surface area contributed by atoms with Crippen molar-refractivity contribution in [2.75, 3.05) is 36.9 Å². The fourth-order valence-electron chi connectivity index (χ4n) is 4.58. The highest BCUT2D eigenvalue weighted by Gasteiger charge is 2.53. The SMILES string of the molecule is CCS(=O)(=O)N1CCC2(CC1)C(=O)N(C[C@@H]1CCCO1)c1ccccc12. The van der Waals surface area contributed by atoms with Crippen LogP contribution in [-0.4, -0.2) is 56.7 Å². The van der Waals surface area contributed by atoms with Gasteiger partial charge in [-0.1, -0.05) is 18.2 Å². The predicted octanol–water partition coefficient (Wildman–Crippen LogP) is 1.90. The molecule has 3 aliphatic rings. The minimum absolute atomic E-state index is 0.0997. The Morgan fingerprint density at radius 3 is 2.62 bits per heavy atom. The molecule has 0 aliphatic carbocycles. The first kappa shape index (κ1) is 17.9. The smallest absolute Gasteiger partial charge is 0.237 e. The molecule has 2 fully saturated rings. The molecule has 3 aliphatic heterocycles. The molecule has 26 heavy (non-hydrogen) atoms. The Bertz CT molecular complexity index is 794. The number of para-hydroxylation sites is 1. The number of fused-ring (bicyclic) bond motifs is 2. The van der Waals surface area contributed by atoms with Crippen LogP contribution in [0.3, 0.4) is 0 Å². The second-order valence-electron chi connectivity index (χ2n) is 7.45. The van der Waals surface area contributed by atoms with E-state index in [1.54, 1.807) is 6.92 Å². The molecule has 1 atom stereocenters. The van der Waals surface area contributed by atoms with Gasteiger partial charge in [0.05, 0.1) is 23.8 Å². The summed E-state index contributed by atoms with van der Waals surface area (Å²) >= 11 is 0. The first-order valence-electron chi connectivity index (χ1n) is 9.49. The van der Waals surface area contributed by atoms with Crippen LogP contribution in [0.15, 0.2) is 24.3 Å². The lowest BCUT2D eigenvalue weighted by atomic mass is 9.74. The van der Waals surface area contributed by atoms with Crippen LogP contribution >= 0.6 is 0 Å². The molecular formula is C19H26N2O4S. The van der Waals surface area contributed by atoms with Gasteiger partial charge in [-0.2, -0.15) is 0 Å². The number of hydrogen-bond donors (Lipinski definition) is 0. The molecule has 1 aromatic rings. The molecule has 4 rings (SSSR count). The average molecular weight is 378 g/mol. The van der Waals surface area contributed by atoms with Crippen LogP contribution in [0.25, 0.3) is 0 Å². The van der Waals surface area contributed by atoms with E-state index >= 15 is 0 Å². The summed E-state index contributed by atoms with van der Waals surface area (Å²) in [6.45, 7) is 3.84. The number of ether oxygens (including phenoxy) is 1. The van der Waals surface area contributed by atoms with Crippen molar-refractivity contribution in [1.29, 1.82) is 0 Å². The Kier molecular flexibility index (Phi) is 4.57. The molecule has 0 bridgehead atoms. The number of carbonyl (C=O) groups is 1. The number of piperidine rings is 1. The third-order valence-electron chi connectivity index (χ3n) is 6.11. The molecule has 1 spiro atoms. The summed E-state index contributed by atoms with van der Waals surface area (Å²) < 4.78 is 31.7. The number of sulfonamides is 1. The van der Waals surface area contributed by atoms with Gasteiger partial charge in [0.15, 0.2) is 0 Å². The maximum absolute atomic E-state index is 13.5. The van der Waals surface area contributed by atoms with Gasteiger partial charge in [-0.3, -0.25) is 4.79 Å². The molecule has 0 saturated carbocycles. The third-order valence-corrected chi connectivity index (χ3v) is 7.99. The summed E-state index contributed by atoms with van der Waals surface area (Å²) in [5.74, 6) is 0.220. The summed E-state index contributed by atoms with van der Waals surface area (Å²) in [5, 5.41) is 0. The van der Waals surface area contributed by atoms with Crippen LogP contribution < -0.4 is 4.90 Å². The van der Waals surface area contributed by atoms with Gasteiger partial charge >= 0.3 is 0 Å². The highest BCUT2D eigenvalue weighted by atomic mass is 32.2. The number of anilines is 1. The molecule has 142 valence electrons. The van der Waals surface area contributed by atoms with Crippen molar-refractivity contribution in [1.82, 2.24) is 4.31 Å². The lowest BCUT2D eigenvalue weighted by molar-refractivity contribution is -0.124. The highest BCUT2D eigenvalue weighted by Crippen LogP contribution is 2.48. The summed E-state index contributed by atoms with van der Waals surface area (Å²) in [4.78, 5) is 15.3. The molecule has 0 unspecified atom stereocenters. The Hall–Kier alpha value is -1.44. The summed E-state index contributed by atoms with van der Waals surface area (Å²) in [6.07, 6.45) is 3.22. The van der Waals surface area contributed by atoms with Crippen LogP contribution in [0, 0.1) is 0 Å². The zero-order valence-electron chi connectivity index (χ0n) is 15.2. The van der Waals surface area contributed by atoms with Gasteiger partial charge in [-0.25, -0.2) is 12.7 Å². The molecule has 2 saturated heterocycles. The lowest BCUT2D eigenvalue weighted by Crippen LogP contribution is -2.51. The number of benzene rings is 1. The quantitative estimate of drug-likeness (QED) is 0.803. The first-order chi connectivity index (χ1) is 12.5. The number of rotatable bonds is 4. The molecule has 0 N–H and O–H groups in total. The summed E-state index contributed by atoms with van der Waals surface area (Å²) in [6, 6.07) is 7.97. The average Bonchev–Trinajstić information content (AvgIpc) is 3.25. The van der Waals surface area contributed by atoms with Gasteiger partial charge in [0.2, 0.25) is 15.9 Å². The second-order valence-corrected chi connectivity index (χ2v) is 9.71. The van der Waals surface area contributed by atoms with Gasteiger partial charge in [0, 0.05) is 25.4 Å². The number of nitrogens with zero attached hydrogens (tertiary/aromatic N) is 2. The van der Waals surface area contributed by atoms with Crippen molar-refractivity contribution in [2.24, 2.45) is 0 Å². The van der Waals surface area contributed by atoms with E-state index in [0.29, 0.717) is 32.5 Å². The van der Waals surface area contributed by atoms with Crippen molar-refractivity contribution in [3.8, 4) is 0 Å². The molecule has 7 heteroatoms. The van der Waals surface area contributed by atoms with E-state index < -0.39 is 15.4 Å². The molecule has 6 nitrogen and oxygen atoms in total. The second kappa shape index (κ2) is 6.62. The Morgan fingerprint density at radius 2 is 1.96 bits per heavy atom. The monoisotopic (exact) mass is 378 g/mol. The van der Waals surface area contributed by atoms with Crippen LogP contribution in [0.1, 0.15) is 38.2 Å². The van der Waals surface area contributed by atoms with E-state index in [9.17, 15) is 13.2 Å². The molecule has 3 heterocycles. The van der Waals surface area contributed by atoms with Gasteiger partial charge in [-0.05, 0) is 44.2 Å². The maximum Gasteiger partial charge on any atom is 0.237 e. The van der Waals surface area contributed by atoms with E-state index in [2.05, 4.69) is 0 Å². The first-order valence-corrected chi connectivity index (χ1v) is 11.1. The topological polar surface area (TPSA) is 66.9 Å². The van der Waals surface area contributed by atoms with Gasteiger partial charge in [0.1, 0.15) is 0 Å². The fourth-order valence-corrected chi connectivity index (χ4v) is 5.69. The summed E-state index contributed by atoms with van der Waals surface area (Å²) in [7, 11) is -3.21. The van der Waals surface area contributed by atoms with E-state index in [0.717, 1.165) is 30.7 Å². The van der Waals surface area contributed by atoms with Crippen molar-refractivity contribution in [2.45, 2.75) is 44.1 Å². The van der Waals surface area contributed by atoms with E-state index in [4.69, 9.17) is 4.74 Å². The number of hydrogen-bond acceptors (Lipinski definition) is 4. The Labute approximate surface area is 155 Å². The highest BCUT2D eigenvalue weighted by molar-refractivity contribution is 7.89. The number of carbonyl (C=O) groups excluding carboxylic acids is 1. The van der Waals surface area contributed by atoms with Crippen LogP contribution in [0.2, 0.25) is 0 Å². The number of amides is 1. The van der Waals surface area contributed by atoms with Crippen molar-refractivity contribution < 1.29 is 17.9 Å². The van der Waals surface area contributed by atoms with Crippen LogP contribution in [-0.2, 0) is 25.0 Å². The summed E-state index contributed by atoms with van der Waals surface area (Å²) in [5.41, 5.74) is 1.44.